The summed E-state index contributed by atoms with van der Waals surface area (Å²) in [6.45, 7) is 5.58. The number of halogens is 2. The van der Waals surface area contributed by atoms with Crippen molar-refractivity contribution in [2.45, 2.75) is 44.1 Å². The van der Waals surface area contributed by atoms with Crippen LogP contribution in [-0.4, -0.2) is 35.6 Å². The molecule has 23 heavy (non-hydrogen) atoms. The summed E-state index contributed by atoms with van der Waals surface area (Å²) in [6.07, 6.45) is -0.292. The second-order valence-corrected chi connectivity index (χ2v) is 7.45. The van der Waals surface area contributed by atoms with Crippen molar-refractivity contribution in [2.75, 3.05) is 18.8 Å². The van der Waals surface area contributed by atoms with Crippen molar-refractivity contribution in [3.63, 3.8) is 0 Å². The van der Waals surface area contributed by atoms with Crippen LogP contribution in [0.3, 0.4) is 0 Å². The average molecular weight is 324 g/mol. The number of hydrogen-bond donors (Lipinski definition) is 1. The van der Waals surface area contributed by atoms with Crippen molar-refractivity contribution < 1.29 is 18.3 Å². The first kappa shape index (κ1) is 16.0. The Bertz CT molecular complexity index is 624. The van der Waals surface area contributed by atoms with Gasteiger partial charge in [-0.2, -0.15) is 0 Å². The highest BCUT2D eigenvalue weighted by atomic mass is 19.3. The van der Waals surface area contributed by atoms with Gasteiger partial charge in [0.2, 0.25) is 0 Å². The number of carbonyl (C=O) groups is 1. The highest BCUT2D eigenvalue weighted by Gasteiger charge is 2.82. The predicted molar refractivity (Wildman–Crippen MR) is 83.4 cm³/mol. The lowest BCUT2D eigenvalue weighted by atomic mass is 9.87. The molecule has 2 atom stereocenters. The summed E-state index contributed by atoms with van der Waals surface area (Å²) in [5, 5.41) is 0. The maximum absolute atomic E-state index is 14.5. The smallest absolute Gasteiger partial charge is 0.410 e. The second kappa shape index (κ2) is 4.82. The summed E-state index contributed by atoms with van der Waals surface area (Å²) in [7, 11) is 0. The Morgan fingerprint density at radius 2 is 1.91 bits per heavy atom. The van der Waals surface area contributed by atoms with E-state index in [0.717, 1.165) is 0 Å². The lowest BCUT2D eigenvalue weighted by molar-refractivity contribution is 0.0195. The molecule has 1 heterocycles. The monoisotopic (exact) mass is 324 g/mol. The largest absolute Gasteiger partial charge is 0.444 e. The summed E-state index contributed by atoms with van der Waals surface area (Å²) >= 11 is 0. The number of ether oxygens (including phenoxy) is 1. The molecular formula is C17H22F2N2O2. The van der Waals surface area contributed by atoms with Gasteiger partial charge in [0.25, 0.3) is 5.92 Å². The van der Waals surface area contributed by atoms with Crippen LogP contribution in [0.4, 0.5) is 19.3 Å². The van der Waals surface area contributed by atoms with Crippen molar-refractivity contribution in [2.24, 2.45) is 5.92 Å². The van der Waals surface area contributed by atoms with E-state index in [1.54, 1.807) is 45.0 Å². The number of fused-ring (bicyclic) bond motifs is 1. The molecule has 2 N–H and O–H groups in total. The Morgan fingerprint density at radius 3 is 2.43 bits per heavy atom. The molecule has 2 aliphatic rings. The molecule has 6 heteroatoms. The minimum Gasteiger partial charge on any atom is -0.444 e. The first-order valence-electron chi connectivity index (χ1n) is 7.80. The lowest BCUT2D eigenvalue weighted by Gasteiger charge is -2.32. The number of carbonyl (C=O) groups excluding carboxylic acids is 1. The molecule has 1 saturated carbocycles. The minimum atomic E-state index is -2.81. The number of nitrogens with two attached hydrogens (primary N) is 1. The van der Waals surface area contributed by atoms with E-state index >= 15 is 0 Å². The summed E-state index contributed by atoms with van der Waals surface area (Å²) in [6, 6.07) is 6.64. The van der Waals surface area contributed by atoms with Gasteiger partial charge in [0.15, 0.2) is 0 Å². The zero-order valence-corrected chi connectivity index (χ0v) is 13.6. The van der Waals surface area contributed by atoms with Crippen LogP contribution in [0, 0.1) is 5.92 Å². The number of amides is 1. The van der Waals surface area contributed by atoms with Crippen molar-refractivity contribution in [1.29, 1.82) is 0 Å². The molecule has 1 aromatic rings. The standard InChI is InChI=1S/C17H22F2N2O2/c1-15(2,3)23-14(22)21-9-8-16(13(10-21)17(16,18)19)11-4-6-12(20)7-5-11/h4-7,13H,8-10,20H2,1-3H3/t13-,16-/m0/s1. The lowest BCUT2D eigenvalue weighted by Crippen LogP contribution is -2.43. The van der Waals surface area contributed by atoms with Gasteiger partial charge >= 0.3 is 6.09 Å². The maximum Gasteiger partial charge on any atom is 0.410 e. The van der Waals surface area contributed by atoms with Crippen LogP contribution >= 0.6 is 0 Å². The van der Waals surface area contributed by atoms with E-state index in [2.05, 4.69) is 0 Å². The van der Waals surface area contributed by atoms with Crippen LogP contribution in [0.2, 0.25) is 0 Å². The number of hydrogen-bond acceptors (Lipinski definition) is 3. The quantitative estimate of drug-likeness (QED) is 0.805. The molecule has 126 valence electrons. The Labute approximate surface area is 134 Å². The van der Waals surface area contributed by atoms with Crippen LogP contribution in [0.5, 0.6) is 0 Å². The second-order valence-electron chi connectivity index (χ2n) is 7.45. The Kier molecular flexibility index (Phi) is 3.36. The molecule has 0 unspecified atom stereocenters. The van der Waals surface area contributed by atoms with Crippen LogP contribution in [0.25, 0.3) is 0 Å². The highest BCUT2D eigenvalue weighted by Crippen LogP contribution is 2.70. The van der Waals surface area contributed by atoms with Crippen LogP contribution < -0.4 is 5.73 Å². The van der Waals surface area contributed by atoms with E-state index in [0.29, 0.717) is 11.3 Å². The third-order valence-electron chi connectivity index (χ3n) is 4.80. The van der Waals surface area contributed by atoms with Gasteiger partial charge in [-0.05, 0) is 44.9 Å². The molecular weight excluding hydrogens is 302 g/mol. The van der Waals surface area contributed by atoms with Crippen LogP contribution in [0.15, 0.2) is 24.3 Å². The fourth-order valence-electron chi connectivity index (χ4n) is 3.58. The van der Waals surface area contributed by atoms with Crippen molar-refractivity contribution in [3.05, 3.63) is 29.8 Å². The van der Waals surface area contributed by atoms with E-state index < -0.39 is 28.9 Å². The van der Waals surface area contributed by atoms with Gasteiger partial charge in [0.05, 0.1) is 11.3 Å². The third kappa shape index (κ3) is 2.44. The average Bonchev–Trinajstić information content (AvgIpc) is 2.95. The number of likely N-dealkylation sites (tertiary alicyclic amines) is 1. The van der Waals surface area contributed by atoms with Crippen LogP contribution in [0.1, 0.15) is 32.8 Å². The number of nitrogen functional groups attached to an aromatic ring is 1. The summed E-state index contributed by atoms with van der Waals surface area (Å²) in [5.41, 5.74) is 5.00. The van der Waals surface area contributed by atoms with Crippen LogP contribution in [-0.2, 0) is 10.2 Å². The molecule has 0 bridgehead atoms. The van der Waals surface area contributed by atoms with E-state index in [-0.39, 0.29) is 19.5 Å². The molecule has 4 nitrogen and oxygen atoms in total. The molecule has 1 aromatic carbocycles. The number of anilines is 1. The van der Waals surface area contributed by atoms with Gasteiger partial charge in [-0.15, -0.1) is 0 Å². The van der Waals surface area contributed by atoms with Crippen molar-refractivity contribution in [1.82, 2.24) is 4.90 Å². The van der Waals surface area contributed by atoms with Gasteiger partial charge in [-0.25, -0.2) is 13.6 Å². The fourth-order valence-corrected chi connectivity index (χ4v) is 3.58. The predicted octanol–water partition coefficient (Wildman–Crippen LogP) is 3.41. The minimum absolute atomic E-state index is 0.0201. The zero-order valence-electron chi connectivity index (χ0n) is 13.6. The topological polar surface area (TPSA) is 55.6 Å². The van der Waals surface area contributed by atoms with E-state index in [1.807, 2.05) is 0 Å². The number of piperidine rings is 1. The molecule has 1 amide bonds. The molecule has 0 radical (unpaired) electrons. The summed E-state index contributed by atoms with van der Waals surface area (Å²) in [4.78, 5) is 13.5. The first-order chi connectivity index (χ1) is 10.6. The SMILES string of the molecule is CC(C)(C)OC(=O)N1CC[C@]2(c3ccc(N)cc3)[C@H](C1)C2(F)F. The normalized spacial score (nSPS) is 28.9. The molecule has 0 spiro atoms. The van der Waals surface area contributed by atoms with Gasteiger partial charge in [0.1, 0.15) is 5.60 Å². The summed E-state index contributed by atoms with van der Waals surface area (Å²) < 4.78 is 34.3. The van der Waals surface area contributed by atoms with Crippen molar-refractivity contribution in [3.8, 4) is 0 Å². The zero-order chi connectivity index (χ0) is 17.0. The van der Waals surface area contributed by atoms with E-state index in [9.17, 15) is 13.6 Å². The molecule has 2 fully saturated rings. The Hall–Kier alpha value is -1.85. The maximum atomic E-state index is 14.5. The highest BCUT2D eigenvalue weighted by molar-refractivity contribution is 5.69. The van der Waals surface area contributed by atoms with Gasteiger partial charge < -0.3 is 15.4 Å². The van der Waals surface area contributed by atoms with Crippen molar-refractivity contribution >= 4 is 11.8 Å². The Morgan fingerprint density at radius 1 is 1.30 bits per heavy atom. The molecule has 3 rings (SSSR count). The molecule has 1 aliphatic heterocycles. The van der Waals surface area contributed by atoms with Gasteiger partial charge in [-0.3, -0.25) is 0 Å². The number of rotatable bonds is 1. The van der Waals surface area contributed by atoms with Gasteiger partial charge in [-0.1, -0.05) is 12.1 Å². The van der Waals surface area contributed by atoms with Gasteiger partial charge in [0, 0.05) is 18.8 Å². The van der Waals surface area contributed by atoms with E-state index in [1.165, 1.54) is 4.90 Å². The molecule has 0 aromatic heterocycles. The van der Waals surface area contributed by atoms with E-state index in [4.69, 9.17) is 10.5 Å². The first-order valence-corrected chi connectivity index (χ1v) is 7.80. The number of nitrogens with zero attached hydrogens (tertiary/aromatic N) is 1. The fraction of sp³-hybridized carbons (Fsp3) is 0.588. The molecule has 1 aliphatic carbocycles. The number of benzene rings is 1. The third-order valence-corrected chi connectivity index (χ3v) is 4.80. The number of alkyl halides is 2. The Balaban J connectivity index is 1.78. The molecule has 1 saturated heterocycles. The summed E-state index contributed by atoms with van der Waals surface area (Å²) in [5.74, 6) is -3.67.